The van der Waals surface area contributed by atoms with Gasteiger partial charge in [0, 0.05) is 11.4 Å². The summed E-state index contributed by atoms with van der Waals surface area (Å²) in [7, 11) is 0. The standard InChI is InChI=1S/C13H7BrF3NO3/c14-6-7-3-10(16)13(11(17)4-7)21-12-2-1-8(18(19)20)5-9(12)15/h1-5H,6H2. The highest BCUT2D eigenvalue weighted by atomic mass is 79.9. The highest BCUT2D eigenvalue weighted by Crippen LogP contribution is 2.32. The van der Waals surface area contributed by atoms with E-state index >= 15 is 0 Å². The minimum Gasteiger partial charge on any atom is -0.448 e. The molecule has 0 fully saturated rings. The van der Waals surface area contributed by atoms with E-state index in [0.717, 1.165) is 24.3 Å². The molecule has 0 saturated carbocycles. The van der Waals surface area contributed by atoms with E-state index in [1.807, 2.05) is 0 Å². The molecule has 110 valence electrons. The molecule has 0 aliphatic rings. The number of benzene rings is 2. The summed E-state index contributed by atoms with van der Waals surface area (Å²) in [4.78, 5) is 9.68. The van der Waals surface area contributed by atoms with Crippen molar-refractivity contribution in [3.63, 3.8) is 0 Å². The van der Waals surface area contributed by atoms with E-state index in [4.69, 9.17) is 4.74 Å². The number of rotatable bonds is 4. The van der Waals surface area contributed by atoms with Gasteiger partial charge in [0.25, 0.3) is 5.69 Å². The Morgan fingerprint density at radius 2 is 1.71 bits per heavy atom. The molecule has 0 aliphatic carbocycles. The highest BCUT2D eigenvalue weighted by Gasteiger charge is 2.17. The van der Waals surface area contributed by atoms with Crippen molar-refractivity contribution in [1.29, 1.82) is 0 Å². The summed E-state index contributed by atoms with van der Waals surface area (Å²) in [6, 6.07) is 4.59. The lowest BCUT2D eigenvalue weighted by atomic mass is 10.2. The number of non-ortho nitro benzene ring substituents is 1. The van der Waals surface area contributed by atoms with Gasteiger partial charge in [0.1, 0.15) is 0 Å². The molecule has 0 heterocycles. The van der Waals surface area contributed by atoms with Crippen LogP contribution >= 0.6 is 15.9 Å². The van der Waals surface area contributed by atoms with Gasteiger partial charge >= 0.3 is 0 Å². The Morgan fingerprint density at radius 3 is 2.19 bits per heavy atom. The molecule has 0 amide bonds. The Morgan fingerprint density at radius 1 is 1.10 bits per heavy atom. The lowest BCUT2D eigenvalue weighted by molar-refractivity contribution is -0.385. The Kier molecular flexibility index (Phi) is 4.46. The number of hydrogen-bond donors (Lipinski definition) is 0. The Balaban J connectivity index is 2.37. The lowest BCUT2D eigenvalue weighted by Gasteiger charge is -2.09. The van der Waals surface area contributed by atoms with Crippen LogP contribution in [0.2, 0.25) is 0 Å². The first-order chi connectivity index (χ1) is 9.92. The quantitative estimate of drug-likeness (QED) is 0.450. The minimum absolute atomic E-state index is 0.243. The first-order valence-electron chi connectivity index (χ1n) is 5.58. The molecular formula is C13H7BrF3NO3. The van der Waals surface area contributed by atoms with Crippen molar-refractivity contribution in [3.05, 3.63) is 63.5 Å². The van der Waals surface area contributed by atoms with Crippen molar-refractivity contribution in [2.75, 3.05) is 0 Å². The van der Waals surface area contributed by atoms with E-state index < -0.39 is 39.6 Å². The predicted molar refractivity (Wildman–Crippen MR) is 72.1 cm³/mol. The average Bonchev–Trinajstić information content (AvgIpc) is 2.43. The third-order valence-electron chi connectivity index (χ3n) is 2.55. The molecule has 0 spiro atoms. The predicted octanol–water partition coefficient (Wildman–Crippen LogP) is 4.70. The largest absolute Gasteiger partial charge is 0.448 e. The molecule has 0 unspecified atom stereocenters. The fraction of sp³-hybridized carbons (Fsp3) is 0.0769. The van der Waals surface area contributed by atoms with Gasteiger partial charge in [-0.3, -0.25) is 10.1 Å². The van der Waals surface area contributed by atoms with Crippen LogP contribution in [-0.4, -0.2) is 4.92 Å². The van der Waals surface area contributed by atoms with Crippen LogP contribution in [0.15, 0.2) is 30.3 Å². The van der Waals surface area contributed by atoms with Crippen LogP contribution < -0.4 is 4.74 Å². The smallest absolute Gasteiger partial charge is 0.272 e. The fourth-order valence-electron chi connectivity index (χ4n) is 1.58. The maximum Gasteiger partial charge on any atom is 0.272 e. The average molecular weight is 362 g/mol. The van der Waals surface area contributed by atoms with Crippen LogP contribution in [0.1, 0.15) is 5.56 Å². The maximum atomic E-state index is 13.7. The van der Waals surface area contributed by atoms with Crippen molar-refractivity contribution < 1.29 is 22.8 Å². The van der Waals surface area contributed by atoms with E-state index in [1.54, 1.807) is 0 Å². The van der Waals surface area contributed by atoms with Crippen molar-refractivity contribution >= 4 is 21.6 Å². The van der Waals surface area contributed by atoms with Gasteiger partial charge in [0.05, 0.1) is 11.0 Å². The monoisotopic (exact) mass is 361 g/mol. The zero-order valence-corrected chi connectivity index (χ0v) is 11.9. The number of alkyl halides is 1. The SMILES string of the molecule is O=[N+]([O-])c1ccc(Oc2c(F)cc(CBr)cc2F)c(F)c1. The summed E-state index contributed by atoms with van der Waals surface area (Å²) in [6.45, 7) is 0. The van der Waals surface area contributed by atoms with E-state index in [1.165, 1.54) is 0 Å². The first-order valence-corrected chi connectivity index (χ1v) is 6.70. The normalized spacial score (nSPS) is 10.5. The highest BCUT2D eigenvalue weighted by molar-refractivity contribution is 9.08. The van der Waals surface area contributed by atoms with Gasteiger partial charge in [0.15, 0.2) is 29.0 Å². The second kappa shape index (κ2) is 6.13. The number of nitrogens with zero attached hydrogens (tertiary/aromatic N) is 1. The first kappa shape index (κ1) is 15.3. The second-order valence-electron chi connectivity index (χ2n) is 4.00. The third kappa shape index (κ3) is 3.33. The number of nitro benzene ring substituents is 1. The van der Waals surface area contributed by atoms with E-state index in [0.29, 0.717) is 11.6 Å². The van der Waals surface area contributed by atoms with Crippen LogP contribution in [0.5, 0.6) is 11.5 Å². The van der Waals surface area contributed by atoms with Gasteiger partial charge in [-0.2, -0.15) is 0 Å². The molecule has 0 aromatic heterocycles. The maximum absolute atomic E-state index is 13.7. The molecule has 0 N–H and O–H groups in total. The summed E-state index contributed by atoms with van der Waals surface area (Å²) < 4.78 is 45.9. The van der Waals surface area contributed by atoms with Crippen molar-refractivity contribution in [1.82, 2.24) is 0 Å². The molecule has 0 aliphatic heterocycles. The topological polar surface area (TPSA) is 52.4 Å². The van der Waals surface area contributed by atoms with Crippen LogP contribution in [0.3, 0.4) is 0 Å². The zero-order valence-electron chi connectivity index (χ0n) is 10.3. The number of nitro groups is 1. The Hall–Kier alpha value is -2.09. The van der Waals surface area contributed by atoms with Crippen molar-refractivity contribution in [2.45, 2.75) is 5.33 Å². The van der Waals surface area contributed by atoms with Gasteiger partial charge < -0.3 is 4.74 Å². The Bertz CT molecular complexity index is 686. The molecule has 2 aromatic carbocycles. The molecule has 8 heteroatoms. The van der Waals surface area contributed by atoms with Gasteiger partial charge in [0.2, 0.25) is 0 Å². The molecule has 0 radical (unpaired) electrons. The molecule has 0 bridgehead atoms. The van der Waals surface area contributed by atoms with Crippen LogP contribution in [0.25, 0.3) is 0 Å². The summed E-state index contributed by atoms with van der Waals surface area (Å²) in [5.41, 5.74) is -0.142. The zero-order chi connectivity index (χ0) is 15.6. The molecule has 2 rings (SSSR count). The van der Waals surface area contributed by atoms with Gasteiger partial charge in [-0.25, -0.2) is 13.2 Å². The summed E-state index contributed by atoms with van der Waals surface area (Å²) >= 11 is 3.05. The summed E-state index contributed by atoms with van der Waals surface area (Å²) in [6.07, 6.45) is 0. The molecule has 0 saturated heterocycles. The number of halogens is 4. The van der Waals surface area contributed by atoms with E-state index in [-0.39, 0.29) is 5.33 Å². The fourth-order valence-corrected chi connectivity index (χ4v) is 1.91. The molecule has 2 aromatic rings. The van der Waals surface area contributed by atoms with Crippen molar-refractivity contribution in [2.24, 2.45) is 0 Å². The van der Waals surface area contributed by atoms with Gasteiger partial charge in [-0.1, -0.05) is 15.9 Å². The third-order valence-corrected chi connectivity index (χ3v) is 3.20. The van der Waals surface area contributed by atoms with E-state index in [9.17, 15) is 23.3 Å². The minimum atomic E-state index is -1.09. The van der Waals surface area contributed by atoms with Crippen LogP contribution in [0.4, 0.5) is 18.9 Å². The van der Waals surface area contributed by atoms with Crippen LogP contribution in [-0.2, 0) is 5.33 Å². The summed E-state index contributed by atoms with van der Waals surface area (Å²) in [5, 5.41) is 10.7. The molecular weight excluding hydrogens is 355 g/mol. The van der Waals surface area contributed by atoms with Gasteiger partial charge in [-0.05, 0) is 23.8 Å². The summed E-state index contributed by atoms with van der Waals surface area (Å²) in [5.74, 6) is -4.37. The molecule has 4 nitrogen and oxygen atoms in total. The van der Waals surface area contributed by atoms with Crippen molar-refractivity contribution in [3.8, 4) is 11.5 Å². The molecule has 21 heavy (non-hydrogen) atoms. The van der Waals surface area contributed by atoms with Crippen LogP contribution in [0, 0.1) is 27.6 Å². The van der Waals surface area contributed by atoms with Gasteiger partial charge in [-0.15, -0.1) is 0 Å². The number of ether oxygens (including phenoxy) is 1. The Labute approximate surface area is 125 Å². The lowest BCUT2D eigenvalue weighted by Crippen LogP contribution is -1.97. The molecule has 0 atom stereocenters. The van der Waals surface area contributed by atoms with E-state index in [2.05, 4.69) is 15.9 Å². The second-order valence-corrected chi connectivity index (χ2v) is 4.56. The number of hydrogen-bond acceptors (Lipinski definition) is 3.